The van der Waals surface area contributed by atoms with E-state index in [0.717, 1.165) is 18.4 Å². The Hall–Kier alpha value is -1.57. The van der Waals surface area contributed by atoms with Crippen molar-refractivity contribution in [1.82, 2.24) is 0 Å². The number of esters is 1. The molecule has 1 aromatic rings. The largest absolute Gasteiger partial charge is 0.454 e. The van der Waals surface area contributed by atoms with E-state index in [1.807, 2.05) is 36.4 Å². The molecule has 1 aliphatic rings. The molecule has 78 valence electrons. The summed E-state index contributed by atoms with van der Waals surface area (Å²) < 4.78 is 5.40. The Labute approximate surface area is 89.6 Å². The van der Waals surface area contributed by atoms with E-state index in [9.17, 15) is 4.79 Å². The third kappa shape index (κ3) is 2.27. The van der Waals surface area contributed by atoms with E-state index in [-0.39, 0.29) is 12.1 Å². The van der Waals surface area contributed by atoms with E-state index < -0.39 is 0 Å². The van der Waals surface area contributed by atoms with Gasteiger partial charge in [0, 0.05) is 5.57 Å². The zero-order valence-corrected chi connectivity index (χ0v) is 8.77. The molecule has 0 saturated carbocycles. The van der Waals surface area contributed by atoms with Gasteiger partial charge in [-0.05, 0) is 25.3 Å². The first-order valence-corrected chi connectivity index (χ1v) is 5.20. The number of cyclic esters (lactones) is 1. The van der Waals surface area contributed by atoms with Crippen molar-refractivity contribution in [1.29, 1.82) is 0 Å². The minimum atomic E-state index is -0.193. The zero-order valence-electron chi connectivity index (χ0n) is 8.77. The summed E-state index contributed by atoms with van der Waals surface area (Å²) in [7, 11) is 0. The highest BCUT2D eigenvalue weighted by Gasteiger charge is 2.19. The number of benzene rings is 1. The van der Waals surface area contributed by atoms with E-state index in [0.29, 0.717) is 5.57 Å². The van der Waals surface area contributed by atoms with Gasteiger partial charge in [0.1, 0.15) is 6.10 Å². The van der Waals surface area contributed by atoms with Crippen LogP contribution in [0.3, 0.4) is 0 Å². The summed E-state index contributed by atoms with van der Waals surface area (Å²) in [6.45, 7) is 1.80. The second-order valence-corrected chi connectivity index (χ2v) is 3.77. The summed E-state index contributed by atoms with van der Waals surface area (Å²) in [5.74, 6) is -0.193. The zero-order chi connectivity index (χ0) is 10.7. The summed E-state index contributed by atoms with van der Waals surface area (Å²) in [5.41, 5.74) is 1.79. The van der Waals surface area contributed by atoms with E-state index in [1.54, 1.807) is 6.92 Å². The van der Waals surface area contributed by atoms with E-state index >= 15 is 0 Å². The van der Waals surface area contributed by atoms with E-state index in [2.05, 4.69) is 0 Å². The first-order valence-electron chi connectivity index (χ1n) is 5.20. The fourth-order valence-electron chi connectivity index (χ4n) is 1.72. The maximum absolute atomic E-state index is 11.5. The Morgan fingerprint density at radius 1 is 1.27 bits per heavy atom. The van der Waals surface area contributed by atoms with E-state index in [1.165, 1.54) is 0 Å². The van der Waals surface area contributed by atoms with Crippen LogP contribution >= 0.6 is 0 Å². The van der Waals surface area contributed by atoms with E-state index in [4.69, 9.17) is 4.74 Å². The number of allylic oxidation sites excluding steroid dienone is 1. The molecule has 1 aromatic carbocycles. The standard InChI is InChI=1S/C13H14O2/c1-10-6-5-9-12(15-13(10)14)11-7-3-2-4-8-11/h2-4,6-8,12H,5,9H2,1H3. The lowest BCUT2D eigenvalue weighted by molar-refractivity contribution is -0.144. The molecule has 1 aliphatic heterocycles. The highest BCUT2D eigenvalue weighted by Crippen LogP contribution is 2.26. The molecule has 0 radical (unpaired) electrons. The first-order chi connectivity index (χ1) is 7.27. The maximum Gasteiger partial charge on any atom is 0.333 e. The lowest BCUT2D eigenvalue weighted by Gasteiger charge is -2.15. The Morgan fingerprint density at radius 2 is 2.00 bits per heavy atom. The molecular weight excluding hydrogens is 188 g/mol. The van der Waals surface area contributed by atoms with Gasteiger partial charge in [-0.15, -0.1) is 0 Å². The highest BCUT2D eigenvalue weighted by molar-refractivity contribution is 5.88. The van der Waals surface area contributed by atoms with Gasteiger partial charge in [-0.2, -0.15) is 0 Å². The van der Waals surface area contributed by atoms with Crippen LogP contribution in [-0.2, 0) is 9.53 Å². The minimum absolute atomic E-state index is 0.0904. The SMILES string of the molecule is CC1=CCCC(c2ccccc2)OC1=O. The monoisotopic (exact) mass is 202 g/mol. The number of carbonyl (C=O) groups is 1. The van der Waals surface area contributed by atoms with Gasteiger partial charge in [-0.3, -0.25) is 0 Å². The molecule has 0 aromatic heterocycles. The topological polar surface area (TPSA) is 26.3 Å². The van der Waals surface area contributed by atoms with Gasteiger partial charge >= 0.3 is 5.97 Å². The molecule has 0 saturated heterocycles. The van der Waals surface area contributed by atoms with Crippen molar-refractivity contribution in [2.75, 3.05) is 0 Å². The fourth-order valence-corrected chi connectivity index (χ4v) is 1.72. The summed E-state index contributed by atoms with van der Waals surface area (Å²) in [5, 5.41) is 0. The van der Waals surface area contributed by atoms with Crippen LogP contribution in [-0.4, -0.2) is 5.97 Å². The average molecular weight is 202 g/mol. The van der Waals surface area contributed by atoms with Gasteiger partial charge in [-0.1, -0.05) is 36.4 Å². The maximum atomic E-state index is 11.5. The van der Waals surface area contributed by atoms with Crippen molar-refractivity contribution >= 4 is 5.97 Å². The van der Waals surface area contributed by atoms with Crippen molar-refractivity contribution in [2.24, 2.45) is 0 Å². The van der Waals surface area contributed by atoms with Crippen LogP contribution in [0.1, 0.15) is 31.4 Å². The van der Waals surface area contributed by atoms with Gasteiger partial charge in [0.2, 0.25) is 0 Å². The van der Waals surface area contributed by atoms with Crippen molar-refractivity contribution < 1.29 is 9.53 Å². The summed E-state index contributed by atoms with van der Waals surface area (Å²) in [6, 6.07) is 9.89. The predicted molar refractivity (Wildman–Crippen MR) is 58.3 cm³/mol. The Bertz CT molecular complexity index is 379. The van der Waals surface area contributed by atoms with Crippen LogP contribution < -0.4 is 0 Å². The molecule has 2 nitrogen and oxygen atoms in total. The second kappa shape index (κ2) is 4.30. The van der Waals surface area contributed by atoms with Gasteiger partial charge in [0.15, 0.2) is 0 Å². The lowest BCUT2D eigenvalue weighted by atomic mass is 10.1. The molecule has 0 amide bonds. The molecule has 2 rings (SSSR count). The fraction of sp³-hybridized carbons (Fsp3) is 0.308. The second-order valence-electron chi connectivity index (χ2n) is 3.77. The van der Waals surface area contributed by atoms with Crippen molar-refractivity contribution in [3.05, 3.63) is 47.5 Å². The molecule has 1 unspecified atom stereocenters. The van der Waals surface area contributed by atoms with Crippen LogP contribution in [0.25, 0.3) is 0 Å². The van der Waals surface area contributed by atoms with Crippen LogP contribution in [0.15, 0.2) is 42.0 Å². The lowest BCUT2D eigenvalue weighted by Crippen LogP contribution is -2.09. The average Bonchev–Trinajstić information content (AvgIpc) is 2.43. The molecule has 0 fully saturated rings. The minimum Gasteiger partial charge on any atom is -0.454 e. The summed E-state index contributed by atoms with van der Waals surface area (Å²) in [6.07, 6.45) is 3.63. The third-order valence-corrected chi connectivity index (χ3v) is 2.62. The molecule has 2 heteroatoms. The molecule has 0 N–H and O–H groups in total. The normalized spacial score (nSPS) is 21.5. The Kier molecular flexibility index (Phi) is 2.86. The molecule has 1 heterocycles. The van der Waals surface area contributed by atoms with Gasteiger partial charge < -0.3 is 4.74 Å². The van der Waals surface area contributed by atoms with Crippen molar-refractivity contribution in [3.63, 3.8) is 0 Å². The van der Waals surface area contributed by atoms with Gasteiger partial charge in [0.05, 0.1) is 0 Å². The Balaban J connectivity index is 2.17. The number of ether oxygens (including phenoxy) is 1. The quantitative estimate of drug-likeness (QED) is 0.654. The number of rotatable bonds is 1. The molecular formula is C13H14O2. The molecule has 1 atom stereocenters. The highest BCUT2D eigenvalue weighted by atomic mass is 16.5. The third-order valence-electron chi connectivity index (χ3n) is 2.62. The van der Waals surface area contributed by atoms with Crippen molar-refractivity contribution in [3.8, 4) is 0 Å². The van der Waals surface area contributed by atoms with Crippen LogP contribution in [0, 0.1) is 0 Å². The smallest absolute Gasteiger partial charge is 0.333 e. The molecule has 0 aliphatic carbocycles. The van der Waals surface area contributed by atoms with Gasteiger partial charge in [-0.25, -0.2) is 4.79 Å². The first kappa shape index (κ1) is 9.97. The summed E-state index contributed by atoms with van der Waals surface area (Å²) >= 11 is 0. The molecule has 0 bridgehead atoms. The van der Waals surface area contributed by atoms with Gasteiger partial charge in [0.25, 0.3) is 0 Å². The molecule has 15 heavy (non-hydrogen) atoms. The number of hydrogen-bond donors (Lipinski definition) is 0. The molecule has 0 spiro atoms. The predicted octanol–water partition coefficient (Wildman–Crippen LogP) is 3.01. The van der Waals surface area contributed by atoms with Crippen LogP contribution in [0.5, 0.6) is 0 Å². The Morgan fingerprint density at radius 3 is 2.73 bits per heavy atom. The van der Waals surface area contributed by atoms with Crippen LogP contribution in [0.2, 0.25) is 0 Å². The summed E-state index contributed by atoms with van der Waals surface area (Å²) in [4.78, 5) is 11.5. The van der Waals surface area contributed by atoms with Crippen molar-refractivity contribution in [2.45, 2.75) is 25.9 Å². The van der Waals surface area contributed by atoms with Crippen LogP contribution in [0.4, 0.5) is 0 Å². The number of hydrogen-bond acceptors (Lipinski definition) is 2. The number of carbonyl (C=O) groups excluding carboxylic acids is 1.